The average Bonchev–Trinajstić information content (AvgIpc) is 3.06. The summed E-state index contributed by atoms with van der Waals surface area (Å²) in [7, 11) is 0. The first kappa shape index (κ1) is 14.1. The highest BCUT2D eigenvalue weighted by Gasteiger charge is 2.20. The Labute approximate surface area is 129 Å². The highest BCUT2D eigenvalue weighted by Crippen LogP contribution is 2.33. The maximum absolute atomic E-state index is 6.08. The second kappa shape index (κ2) is 6.29. The summed E-state index contributed by atoms with van der Waals surface area (Å²) >= 11 is 1.73. The summed E-state index contributed by atoms with van der Waals surface area (Å²) in [5.74, 6) is 0. The standard InChI is InChI=1S/C18H20N2S/c1-2-20(18(12-19)15-10-11-21-13-15)17-9-5-7-14-6-3-4-8-16(14)17/h3-11,13,18H,2,12,19H2,1H3. The van der Waals surface area contributed by atoms with Gasteiger partial charge in [0, 0.05) is 24.2 Å². The van der Waals surface area contributed by atoms with Crippen LogP contribution in [0.25, 0.3) is 10.8 Å². The Kier molecular flexibility index (Phi) is 4.23. The van der Waals surface area contributed by atoms with Crippen molar-refractivity contribution in [2.45, 2.75) is 13.0 Å². The average molecular weight is 296 g/mol. The molecule has 0 radical (unpaired) electrons. The Morgan fingerprint density at radius 3 is 2.62 bits per heavy atom. The minimum Gasteiger partial charge on any atom is -0.363 e. The van der Waals surface area contributed by atoms with Gasteiger partial charge in [0.05, 0.1) is 6.04 Å². The molecule has 0 aliphatic rings. The molecule has 21 heavy (non-hydrogen) atoms. The number of thiophene rings is 1. The molecular formula is C18H20N2S. The van der Waals surface area contributed by atoms with Crippen molar-refractivity contribution in [2.24, 2.45) is 5.73 Å². The Hall–Kier alpha value is -1.84. The fraction of sp³-hybridized carbons (Fsp3) is 0.222. The summed E-state index contributed by atoms with van der Waals surface area (Å²) in [5.41, 5.74) is 8.65. The molecule has 1 atom stereocenters. The second-order valence-corrected chi connectivity index (χ2v) is 5.87. The van der Waals surface area contributed by atoms with E-state index in [0.29, 0.717) is 6.54 Å². The normalized spacial score (nSPS) is 12.5. The van der Waals surface area contributed by atoms with Crippen LogP contribution < -0.4 is 10.6 Å². The number of hydrogen-bond donors (Lipinski definition) is 1. The lowest BCUT2D eigenvalue weighted by Crippen LogP contribution is -2.33. The molecule has 0 aliphatic heterocycles. The van der Waals surface area contributed by atoms with Gasteiger partial charge in [0.15, 0.2) is 0 Å². The molecule has 3 rings (SSSR count). The third kappa shape index (κ3) is 2.67. The number of fused-ring (bicyclic) bond motifs is 1. The van der Waals surface area contributed by atoms with E-state index < -0.39 is 0 Å². The number of nitrogens with two attached hydrogens (primary N) is 1. The van der Waals surface area contributed by atoms with Gasteiger partial charge in [-0.3, -0.25) is 0 Å². The van der Waals surface area contributed by atoms with E-state index in [1.807, 2.05) is 0 Å². The van der Waals surface area contributed by atoms with Gasteiger partial charge in [0.25, 0.3) is 0 Å². The van der Waals surface area contributed by atoms with Gasteiger partial charge in [-0.05, 0) is 40.8 Å². The zero-order valence-corrected chi connectivity index (χ0v) is 13.0. The Morgan fingerprint density at radius 2 is 1.90 bits per heavy atom. The highest BCUT2D eigenvalue weighted by atomic mass is 32.1. The highest BCUT2D eigenvalue weighted by molar-refractivity contribution is 7.08. The van der Waals surface area contributed by atoms with Crippen molar-refractivity contribution in [1.29, 1.82) is 0 Å². The molecule has 2 nitrogen and oxygen atoms in total. The molecule has 1 unspecified atom stereocenters. The van der Waals surface area contributed by atoms with Gasteiger partial charge in [-0.2, -0.15) is 11.3 Å². The van der Waals surface area contributed by atoms with Gasteiger partial charge < -0.3 is 10.6 Å². The van der Waals surface area contributed by atoms with Gasteiger partial charge in [-0.1, -0.05) is 36.4 Å². The molecular weight excluding hydrogens is 276 g/mol. The van der Waals surface area contributed by atoms with Crippen LogP contribution >= 0.6 is 11.3 Å². The molecule has 2 aromatic carbocycles. The van der Waals surface area contributed by atoms with Gasteiger partial charge in [-0.25, -0.2) is 0 Å². The van der Waals surface area contributed by atoms with Crippen molar-refractivity contribution in [3.8, 4) is 0 Å². The first-order chi connectivity index (χ1) is 10.3. The minimum atomic E-state index is 0.229. The van der Waals surface area contributed by atoms with E-state index in [1.165, 1.54) is 22.0 Å². The van der Waals surface area contributed by atoms with E-state index in [1.54, 1.807) is 11.3 Å². The summed E-state index contributed by atoms with van der Waals surface area (Å²) in [6.45, 7) is 3.75. The first-order valence-corrected chi connectivity index (χ1v) is 8.26. The van der Waals surface area contributed by atoms with E-state index in [4.69, 9.17) is 5.73 Å². The Balaban J connectivity index is 2.09. The zero-order valence-electron chi connectivity index (χ0n) is 12.2. The summed E-state index contributed by atoms with van der Waals surface area (Å²) in [6, 6.07) is 17.4. The van der Waals surface area contributed by atoms with Crippen molar-refractivity contribution in [1.82, 2.24) is 0 Å². The predicted molar refractivity (Wildman–Crippen MR) is 93.1 cm³/mol. The molecule has 0 saturated carbocycles. The van der Waals surface area contributed by atoms with Crippen LogP contribution in [0.15, 0.2) is 59.3 Å². The third-order valence-corrected chi connectivity index (χ3v) is 4.65. The molecule has 0 spiro atoms. The summed E-state index contributed by atoms with van der Waals surface area (Å²) < 4.78 is 0. The molecule has 0 saturated heterocycles. The molecule has 1 aromatic heterocycles. The van der Waals surface area contributed by atoms with Crippen LogP contribution in [0.5, 0.6) is 0 Å². The lowest BCUT2D eigenvalue weighted by molar-refractivity contribution is 0.647. The van der Waals surface area contributed by atoms with E-state index in [2.05, 4.69) is 71.1 Å². The van der Waals surface area contributed by atoms with Crippen LogP contribution in [-0.2, 0) is 0 Å². The monoisotopic (exact) mass is 296 g/mol. The maximum atomic E-state index is 6.08. The minimum absolute atomic E-state index is 0.229. The van der Waals surface area contributed by atoms with Gasteiger partial charge in [0.1, 0.15) is 0 Å². The van der Waals surface area contributed by atoms with Crippen LogP contribution in [0.3, 0.4) is 0 Å². The Morgan fingerprint density at radius 1 is 1.10 bits per heavy atom. The molecule has 0 aliphatic carbocycles. The molecule has 0 amide bonds. The molecule has 0 fully saturated rings. The molecule has 1 heterocycles. The maximum Gasteiger partial charge on any atom is 0.0672 e. The zero-order chi connectivity index (χ0) is 14.7. The molecule has 2 N–H and O–H groups in total. The first-order valence-electron chi connectivity index (χ1n) is 7.31. The van der Waals surface area contributed by atoms with Crippen molar-refractivity contribution in [3.63, 3.8) is 0 Å². The van der Waals surface area contributed by atoms with Crippen molar-refractivity contribution in [3.05, 3.63) is 64.9 Å². The third-order valence-electron chi connectivity index (χ3n) is 3.94. The van der Waals surface area contributed by atoms with Crippen LogP contribution in [0.1, 0.15) is 18.5 Å². The SMILES string of the molecule is CCN(c1cccc2ccccc12)C(CN)c1ccsc1. The van der Waals surface area contributed by atoms with Crippen LogP contribution in [-0.4, -0.2) is 13.1 Å². The van der Waals surface area contributed by atoms with Crippen molar-refractivity contribution < 1.29 is 0 Å². The van der Waals surface area contributed by atoms with E-state index in [0.717, 1.165) is 6.54 Å². The Bertz CT molecular complexity index is 701. The number of anilines is 1. The van der Waals surface area contributed by atoms with Crippen molar-refractivity contribution >= 4 is 27.8 Å². The van der Waals surface area contributed by atoms with Crippen LogP contribution in [0.2, 0.25) is 0 Å². The number of rotatable bonds is 5. The lowest BCUT2D eigenvalue weighted by atomic mass is 10.0. The van der Waals surface area contributed by atoms with E-state index >= 15 is 0 Å². The topological polar surface area (TPSA) is 29.3 Å². The van der Waals surface area contributed by atoms with E-state index in [9.17, 15) is 0 Å². The number of hydrogen-bond acceptors (Lipinski definition) is 3. The summed E-state index contributed by atoms with van der Waals surface area (Å²) in [5, 5.41) is 6.88. The van der Waals surface area contributed by atoms with Crippen molar-refractivity contribution in [2.75, 3.05) is 18.0 Å². The quantitative estimate of drug-likeness (QED) is 0.755. The summed E-state index contributed by atoms with van der Waals surface area (Å²) in [6.07, 6.45) is 0. The smallest absolute Gasteiger partial charge is 0.0672 e. The van der Waals surface area contributed by atoms with Crippen LogP contribution in [0, 0.1) is 0 Å². The van der Waals surface area contributed by atoms with Crippen LogP contribution in [0.4, 0.5) is 5.69 Å². The molecule has 3 aromatic rings. The fourth-order valence-electron chi connectivity index (χ4n) is 2.93. The van der Waals surface area contributed by atoms with Gasteiger partial charge in [0.2, 0.25) is 0 Å². The largest absolute Gasteiger partial charge is 0.363 e. The fourth-order valence-corrected chi connectivity index (χ4v) is 3.63. The number of benzene rings is 2. The molecule has 3 heteroatoms. The summed E-state index contributed by atoms with van der Waals surface area (Å²) in [4.78, 5) is 2.41. The lowest BCUT2D eigenvalue weighted by Gasteiger charge is -2.32. The van der Waals surface area contributed by atoms with E-state index in [-0.39, 0.29) is 6.04 Å². The number of likely N-dealkylation sites (N-methyl/N-ethyl adjacent to an activating group) is 1. The van der Waals surface area contributed by atoms with Gasteiger partial charge in [-0.15, -0.1) is 0 Å². The number of nitrogens with zero attached hydrogens (tertiary/aromatic N) is 1. The molecule has 108 valence electrons. The predicted octanol–water partition coefficient (Wildman–Crippen LogP) is 4.43. The van der Waals surface area contributed by atoms with Gasteiger partial charge >= 0.3 is 0 Å². The second-order valence-electron chi connectivity index (χ2n) is 5.09. The molecule has 0 bridgehead atoms.